The molecule has 0 heterocycles. The number of sulfonamides is 2. The molecule has 0 bridgehead atoms. The van der Waals surface area contributed by atoms with Gasteiger partial charge in [-0.15, -0.1) is 0 Å². The normalized spacial score (nSPS) is 14.8. The number of rotatable bonds is 9. The van der Waals surface area contributed by atoms with E-state index in [0.717, 1.165) is 6.42 Å². The molecule has 0 aliphatic rings. The topological polar surface area (TPSA) is 95.8 Å². The fourth-order valence-electron chi connectivity index (χ4n) is 1.24. The van der Waals surface area contributed by atoms with E-state index in [9.17, 15) is 22.0 Å². The molecule has 0 fully saturated rings. The van der Waals surface area contributed by atoms with Gasteiger partial charge in [0.25, 0.3) is 0 Å². The molecule has 0 amide bonds. The monoisotopic (exact) mass is 287 g/mol. The number of quaternary nitrogens is 1. The Morgan fingerprint density at radius 3 is 1.65 bits per heavy atom. The fourth-order valence-corrected chi connectivity index (χ4v) is 4.87. The van der Waals surface area contributed by atoms with Crippen LogP contribution in [0.2, 0.25) is 0 Å². The van der Waals surface area contributed by atoms with Crippen LogP contribution in [0.15, 0.2) is 0 Å². The second kappa shape index (κ2) is 7.30. The summed E-state index contributed by atoms with van der Waals surface area (Å²) in [6, 6.07) is 0. The molecule has 1 unspecified atom stereocenters. The van der Waals surface area contributed by atoms with E-state index < -0.39 is 23.9 Å². The van der Waals surface area contributed by atoms with Crippen molar-refractivity contribution in [2.45, 2.75) is 46.0 Å². The molecule has 0 aliphatic carbocycles. The highest BCUT2D eigenvalue weighted by atomic mass is 32.3. The highest BCUT2D eigenvalue weighted by Crippen LogP contribution is 1.97. The van der Waals surface area contributed by atoms with Gasteiger partial charge in [-0.3, -0.25) is 0 Å². The molecule has 0 aromatic rings. The summed E-state index contributed by atoms with van der Waals surface area (Å²) in [6.07, 6.45) is 2.71. The molecule has 104 valence electrons. The molecule has 6 nitrogen and oxygen atoms in total. The molecule has 0 spiro atoms. The highest BCUT2D eigenvalue weighted by molar-refractivity contribution is 7.96. The van der Waals surface area contributed by atoms with Crippen LogP contribution < -0.4 is 3.87 Å². The Bertz CT molecular complexity index is 401. The molecule has 8 heteroatoms. The number of unbranched alkanes of at least 4 members (excludes halogenated alkanes) is 3. The Kier molecular flexibility index (Phi) is 7.22. The van der Waals surface area contributed by atoms with Crippen LogP contribution in [0.1, 0.15) is 46.0 Å². The van der Waals surface area contributed by atoms with Gasteiger partial charge < -0.3 is 5.21 Å². The van der Waals surface area contributed by atoms with Gasteiger partial charge in [-0.2, -0.15) is 20.7 Å². The average molecular weight is 287 g/mol. The van der Waals surface area contributed by atoms with E-state index in [4.69, 9.17) is 0 Å². The summed E-state index contributed by atoms with van der Waals surface area (Å²) in [5, 5.41) is 11.4. The van der Waals surface area contributed by atoms with Crippen molar-refractivity contribution in [3.8, 4) is 0 Å². The number of hydrogen-bond donors (Lipinski definition) is 1. The first kappa shape index (κ1) is 16.8. The van der Waals surface area contributed by atoms with Crippen LogP contribution in [0.25, 0.3) is 0 Å². The summed E-state index contributed by atoms with van der Waals surface area (Å²) in [5.41, 5.74) is 0. The van der Waals surface area contributed by atoms with Crippen LogP contribution in [-0.2, 0) is 20.0 Å². The zero-order valence-electron chi connectivity index (χ0n) is 10.3. The lowest BCUT2D eigenvalue weighted by Gasteiger charge is -2.20. The van der Waals surface area contributed by atoms with Crippen molar-refractivity contribution in [2.75, 3.05) is 11.5 Å². The van der Waals surface area contributed by atoms with Crippen LogP contribution in [0.4, 0.5) is 0 Å². The van der Waals surface area contributed by atoms with Crippen LogP contribution in [-0.4, -0.2) is 28.3 Å². The van der Waals surface area contributed by atoms with E-state index in [0.29, 0.717) is 25.7 Å². The molecule has 0 saturated carbocycles. The second-order valence-corrected chi connectivity index (χ2v) is 8.22. The van der Waals surface area contributed by atoms with Crippen molar-refractivity contribution in [1.29, 1.82) is 0 Å². The summed E-state index contributed by atoms with van der Waals surface area (Å²) in [6.45, 7) is 3.67. The molecule has 1 atom stereocenters. The molecule has 1 N–H and O–H groups in total. The van der Waals surface area contributed by atoms with Crippen LogP contribution >= 0.6 is 0 Å². The molecule has 0 saturated heterocycles. The van der Waals surface area contributed by atoms with Crippen molar-refractivity contribution >= 4 is 20.0 Å². The number of hydrogen-bond acceptors (Lipinski definition) is 5. The van der Waals surface area contributed by atoms with Gasteiger partial charge in [0.05, 0.1) is 0 Å². The van der Waals surface area contributed by atoms with Gasteiger partial charge in [0, 0.05) is 0 Å². The lowest BCUT2D eigenvalue weighted by Crippen LogP contribution is -3.11. The van der Waals surface area contributed by atoms with Gasteiger partial charge in [-0.25, -0.2) is 0 Å². The van der Waals surface area contributed by atoms with E-state index in [1.54, 1.807) is 6.92 Å². The first-order valence-corrected chi connectivity index (χ1v) is 9.08. The van der Waals surface area contributed by atoms with Crippen molar-refractivity contribution in [1.82, 2.24) is 0 Å². The Labute approximate surface area is 104 Å². The fraction of sp³-hybridized carbons (Fsp3) is 1.00. The van der Waals surface area contributed by atoms with Crippen LogP contribution in [0.5, 0.6) is 0 Å². The van der Waals surface area contributed by atoms with Gasteiger partial charge in [-0.1, -0.05) is 33.1 Å². The first-order valence-electron chi connectivity index (χ1n) is 5.77. The molecule has 0 aromatic carbocycles. The first-order chi connectivity index (χ1) is 7.78. The van der Waals surface area contributed by atoms with Crippen molar-refractivity contribution in [2.24, 2.45) is 0 Å². The third kappa shape index (κ3) is 5.80. The maximum Gasteiger partial charge on any atom is 0.309 e. The zero-order valence-corrected chi connectivity index (χ0v) is 11.9. The summed E-state index contributed by atoms with van der Waals surface area (Å²) in [7, 11) is -8.29. The second-order valence-electron chi connectivity index (χ2n) is 3.95. The average Bonchev–Trinajstić information content (AvgIpc) is 2.25. The predicted octanol–water partition coefficient (Wildman–Crippen LogP) is 0.0190. The molecular formula is C9H21NO5S2. The Hall–Kier alpha value is -0.180. The third-order valence-electron chi connectivity index (χ3n) is 2.29. The highest BCUT2D eigenvalue weighted by Gasteiger charge is 2.29. The molecule has 0 aliphatic heterocycles. The minimum absolute atomic E-state index is 0.304. The molecule has 0 aromatic heterocycles. The summed E-state index contributed by atoms with van der Waals surface area (Å²) < 4.78 is 44.3. The summed E-state index contributed by atoms with van der Waals surface area (Å²) in [4.78, 5) is 0. The predicted molar refractivity (Wildman–Crippen MR) is 66.3 cm³/mol. The smallest absolute Gasteiger partial charge is 0.309 e. The quantitative estimate of drug-likeness (QED) is 0.476. The van der Waals surface area contributed by atoms with E-state index in [2.05, 4.69) is 0 Å². The van der Waals surface area contributed by atoms with Crippen LogP contribution in [0, 0.1) is 5.21 Å². The van der Waals surface area contributed by atoms with Gasteiger partial charge in [0.15, 0.2) is 0 Å². The summed E-state index contributed by atoms with van der Waals surface area (Å²) in [5.74, 6) is -0.750. The van der Waals surface area contributed by atoms with Gasteiger partial charge >= 0.3 is 20.0 Å². The molecule has 0 radical (unpaired) electrons. The molecule has 0 rings (SSSR count). The van der Waals surface area contributed by atoms with Crippen LogP contribution in [0.3, 0.4) is 0 Å². The lowest BCUT2D eigenvalue weighted by atomic mass is 10.3. The van der Waals surface area contributed by atoms with E-state index in [1.807, 2.05) is 6.92 Å². The standard InChI is InChI=1S/C9H21NO5S2/c1-3-5-7-9-17(14,15)10(11)16(12,13)8-6-4-2/h10H,3-9H2,1-2H3. The van der Waals surface area contributed by atoms with Gasteiger partial charge in [0.1, 0.15) is 11.5 Å². The van der Waals surface area contributed by atoms with E-state index in [-0.39, 0.29) is 11.5 Å². The van der Waals surface area contributed by atoms with Gasteiger partial charge in [0.2, 0.25) is 0 Å². The number of nitrogens with one attached hydrogen (secondary N) is 1. The maximum absolute atomic E-state index is 11.5. The van der Waals surface area contributed by atoms with Gasteiger partial charge in [-0.05, 0) is 12.8 Å². The maximum atomic E-state index is 11.5. The Morgan fingerprint density at radius 2 is 1.24 bits per heavy atom. The summed E-state index contributed by atoms with van der Waals surface area (Å²) >= 11 is 0. The zero-order chi connectivity index (χ0) is 13.5. The third-order valence-corrected chi connectivity index (χ3v) is 6.48. The van der Waals surface area contributed by atoms with Crippen molar-refractivity contribution in [3.05, 3.63) is 5.21 Å². The molecular weight excluding hydrogens is 266 g/mol. The lowest BCUT2D eigenvalue weighted by molar-refractivity contribution is -0.548. The minimum Gasteiger partial charge on any atom is -0.603 e. The van der Waals surface area contributed by atoms with Crippen molar-refractivity contribution < 1.29 is 20.7 Å². The Morgan fingerprint density at radius 1 is 0.824 bits per heavy atom. The largest absolute Gasteiger partial charge is 0.603 e. The molecule has 17 heavy (non-hydrogen) atoms. The minimum atomic E-state index is -4.15. The van der Waals surface area contributed by atoms with Crippen molar-refractivity contribution in [3.63, 3.8) is 0 Å². The Balaban J connectivity index is 4.61. The van der Waals surface area contributed by atoms with E-state index in [1.165, 1.54) is 0 Å². The SMILES string of the molecule is CCCCCS(=O)(=O)[NH+]([O-])S(=O)(=O)CCCC. The van der Waals surface area contributed by atoms with E-state index >= 15 is 0 Å².